The number of halogens is 2. The third-order valence-electron chi connectivity index (χ3n) is 3.45. The van der Waals surface area contributed by atoms with Gasteiger partial charge in [0.25, 0.3) is 0 Å². The van der Waals surface area contributed by atoms with E-state index in [1.165, 1.54) is 19.2 Å². The first-order valence-electron chi connectivity index (χ1n) is 6.20. The predicted octanol–water partition coefficient (Wildman–Crippen LogP) is 3.98. The number of ether oxygens (including phenoxy) is 1. The molecule has 1 aromatic heterocycles. The highest BCUT2D eigenvalue weighted by atomic mass is 35.5. The second-order valence-corrected chi connectivity index (χ2v) is 5.53. The summed E-state index contributed by atoms with van der Waals surface area (Å²) in [7, 11) is 1.37. The van der Waals surface area contributed by atoms with Crippen LogP contribution in [0.3, 0.4) is 0 Å². The van der Waals surface area contributed by atoms with E-state index in [-0.39, 0.29) is 43.5 Å². The summed E-state index contributed by atoms with van der Waals surface area (Å²) < 4.78 is 10.6. The van der Waals surface area contributed by atoms with Gasteiger partial charge in [0.1, 0.15) is 32.5 Å². The van der Waals surface area contributed by atoms with Crippen molar-refractivity contribution in [1.29, 1.82) is 0 Å². The Bertz CT molecular complexity index is 991. The summed E-state index contributed by atoms with van der Waals surface area (Å²) in [5.41, 5.74) is 0.0835. The lowest BCUT2D eigenvalue weighted by Crippen LogP contribution is -2.05. The molecule has 2 aromatic carbocycles. The van der Waals surface area contributed by atoms with E-state index in [0.717, 1.165) is 0 Å². The number of hydrogen-bond acceptors (Lipinski definition) is 5. The quantitative estimate of drug-likeness (QED) is 0.655. The summed E-state index contributed by atoms with van der Waals surface area (Å²) >= 11 is 12.0. The van der Waals surface area contributed by atoms with Gasteiger partial charge < -0.3 is 19.4 Å². The summed E-state index contributed by atoms with van der Waals surface area (Å²) in [5, 5.41) is 19.9. The van der Waals surface area contributed by atoms with Crippen LogP contribution in [0, 0.1) is 6.92 Å². The molecule has 0 fully saturated rings. The van der Waals surface area contributed by atoms with Crippen LogP contribution in [0.4, 0.5) is 0 Å². The molecule has 0 radical (unpaired) electrons. The Morgan fingerprint density at radius 3 is 2.45 bits per heavy atom. The van der Waals surface area contributed by atoms with Crippen molar-refractivity contribution in [1.82, 2.24) is 0 Å². The molecule has 0 amide bonds. The van der Waals surface area contributed by atoms with Gasteiger partial charge in [-0.1, -0.05) is 23.2 Å². The van der Waals surface area contributed by atoms with Crippen molar-refractivity contribution in [2.45, 2.75) is 6.92 Å². The Morgan fingerprint density at radius 1 is 1.14 bits per heavy atom. The molecule has 0 aliphatic rings. The summed E-state index contributed by atoms with van der Waals surface area (Å²) in [6.07, 6.45) is 0. The monoisotopic (exact) mass is 340 g/mol. The average Bonchev–Trinajstić information content (AvgIpc) is 2.47. The lowest BCUT2D eigenvalue weighted by molar-refractivity contribution is 0.408. The minimum absolute atomic E-state index is 0.0421. The molecule has 2 N–H and O–H groups in total. The van der Waals surface area contributed by atoms with Crippen molar-refractivity contribution in [3.8, 4) is 17.2 Å². The number of aryl methyl sites for hydroxylation is 1. The third-order valence-corrected chi connectivity index (χ3v) is 4.19. The zero-order valence-corrected chi connectivity index (χ0v) is 13.0. The molecule has 0 aliphatic heterocycles. The van der Waals surface area contributed by atoms with Gasteiger partial charge in [0, 0.05) is 6.07 Å². The topological polar surface area (TPSA) is 79.9 Å². The smallest absolute Gasteiger partial charge is 0.204 e. The van der Waals surface area contributed by atoms with E-state index in [4.69, 9.17) is 32.4 Å². The number of phenolic OH excluding ortho intramolecular Hbond substituents is 2. The molecule has 0 bridgehead atoms. The van der Waals surface area contributed by atoms with E-state index in [9.17, 15) is 15.0 Å². The van der Waals surface area contributed by atoms with Crippen LogP contribution in [0.1, 0.15) is 5.56 Å². The highest BCUT2D eigenvalue weighted by Crippen LogP contribution is 2.41. The van der Waals surface area contributed by atoms with Crippen molar-refractivity contribution in [2.75, 3.05) is 7.11 Å². The molecule has 0 saturated carbocycles. The molecule has 22 heavy (non-hydrogen) atoms. The Hall–Kier alpha value is -2.11. The number of aromatic hydroxyl groups is 2. The molecule has 3 aromatic rings. The fourth-order valence-electron chi connectivity index (χ4n) is 2.40. The first kappa shape index (κ1) is 14.8. The Balaban J connectivity index is 2.65. The fourth-order valence-corrected chi connectivity index (χ4v) is 2.82. The molecule has 3 rings (SSSR count). The summed E-state index contributed by atoms with van der Waals surface area (Å²) in [6, 6.07) is 2.74. The minimum atomic E-state index is -0.488. The SMILES string of the molecule is COc1cc2oc3c(Cl)c(O)cc(C)c3c(=O)c2c(O)c1Cl. The average molecular weight is 341 g/mol. The largest absolute Gasteiger partial charge is 0.506 e. The number of benzene rings is 2. The fraction of sp³-hybridized carbons (Fsp3) is 0.133. The first-order chi connectivity index (χ1) is 10.4. The van der Waals surface area contributed by atoms with Gasteiger partial charge in [-0.05, 0) is 18.6 Å². The molecule has 0 saturated heterocycles. The molecule has 0 unspecified atom stereocenters. The minimum Gasteiger partial charge on any atom is -0.506 e. The van der Waals surface area contributed by atoms with Crippen LogP contribution in [-0.2, 0) is 0 Å². The standard InChI is InChI=1S/C15H10Cl2O5/c1-5-3-6(18)11(16)15-9(5)13(19)10-7(22-15)4-8(21-2)12(17)14(10)20/h3-4,18,20H,1-2H3. The normalized spacial score (nSPS) is 11.3. The summed E-state index contributed by atoms with van der Waals surface area (Å²) in [4.78, 5) is 12.7. The van der Waals surface area contributed by atoms with E-state index < -0.39 is 11.2 Å². The molecule has 0 spiro atoms. The maximum absolute atomic E-state index is 12.7. The van der Waals surface area contributed by atoms with Gasteiger partial charge in [-0.25, -0.2) is 0 Å². The van der Waals surface area contributed by atoms with Gasteiger partial charge in [0.15, 0.2) is 11.3 Å². The Kier molecular flexibility index (Phi) is 3.34. The maximum Gasteiger partial charge on any atom is 0.204 e. The van der Waals surface area contributed by atoms with Gasteiger partial charge >= 0.3 is 0 Å². The first-order valence-corrected chi connectivity index (χ1v) is 6.96. The summed E-state index contributed by atoms with van der Waals surface area (Å²) in [6.45, 7) is 1.63. The third kappa shape index (κ3) is 1.90. The molecular weight excluding hydrogens is 331 g/mol. The predicted molar refractivity (Wildman–Crippen MR) is 84.6 cm³/mol. The van der Waals surface area contributed by atoms with Gasteiger partial charge in [-0.2, -0.15) is 0 Å². The van der Waals surface area contributed by atoms with Crippen LogP contribution >= 0.6 is 23.2 Å². The van der Waals surface area contributed by atoms with Crippen LogP contribution in [0.2, 0.25) is 10.0 Å². The van der Waals surface area contributed by atoms with Gasteiger partial charge in [-0.15, -0.1) is 0 Å². The van der Waals surface area contributed by atoms with Crippen LogP contribution < -0.4 is 10.2 Å². The number of rotatable bonds is 1. The van der Waals surface area contributed by atoms with Gasteiger partial charge in [0.2, 0.25) is 5.43 Å². The van der Waals surface area contributed by atoms with Crippen molar-refractivity contribution >= 4 is 45.1 Å². The highest BCUT2D eigenvalue weighted by molar-refractivity contribution is 6.37. The molecule has 0 atom stereocenters. The molecule has 114 valence electrons. The lowest BCUT2D eigenvalue weighted by atomic mass is 10.1. The molecule has 5 nitrogen and oxygen atoms in total. The highest BCUT2D eigenvalue weighted by Gasteiger charge is 2.21. The van der Waals surface area contributed by atoms with Crippen molar-refractivity contribution in [3.63, 3.8) is 0 Å². The Morgan fingerprint density at radius 2 is 1.82 bits per heavy atom. The number of methoxy groups -OCH3 is 1. The number of hydrogen-bond donors (Lipinski definition) is 2. The van der Waals surface area contributed by atoms with E-state index in [1.54, 1.807) is 6.92 Å². The van der Waals surface area contributed by atoms with E-state index >= 15 is 0 Å². The molecular formula is C15H10Cl2O5. The van der Waals surface area contributed by atoms with Gasteiger partial charge in [0.05, 0.1) is 12.5 Å². The van der Waals surface area contributed by atoms with Crippen LogP contribution in [0.5, 0.6) is 17.2 Å². The van der Waals surface area contributed by atoms with Crippen molar-refractivity contribution < 1.29 is 19.4 Å². The lowest BCUT2D eigenvalue weighted by Gasteiger charge is -2.10. The number of fused-ring (bicyclic) bond motifs is 2. The van der Waals surface area contributed by atoms with Crippen LogP contribution in [0.25, 0.3) is 21.9 Å². The van der Waals surface area contributed by atoms with E-state index in [2.05, 4.69) is 0 Å². The maximum atomic E-state index is 12.7. The van der Waals surface area contributed by atoms with E-state index in [1.807, 2.05) is 0 Å². The molecule has 0 aliphatic carbocycles. The summed E-state index contributed by atoms with van der Waals surface area (Å²) in [5.74, 6) is -0.461. The van der Waals surface area contributed by atoms with E-state index in [0.29, 0.717) is 5.56 Å². The zero-order chi connectivity index (χ0) is 16.2. The number of phenols is 2. The van der Waals surface area contributed by atoms with Crippen LogP contribution in [0.15, 0.2) is 21.3 Å². The van der Waals surface area contributed by atoms with Crippen molar-refractivity contribution in [2.24, 2.45) is 0 Å². The zero-order valence-electron chi connectivity index (χ0n) is 11.5. The van der Waals surface area contributed by atoms with Gasteiger partial charge in [-0.3, -0.25) is 4.79 Å². The Labute approximate surface area is 134 Å². The van der Waals surface area contributed by atoms with Crippen LogP contribution in [-0.4, -0.2) is 17.3 Å². The molecule has 7 heteroatoms. The molecule has 1 heterocycles. The van der Waals surface area contributed by atoms with Crippen molar-refractivity contribution in [3.05, 3.63) is 38.0 Å². The second-order valence-electron chi connectivity index (χ2n) is 4.78. The second kappa shape index (κ2) is 4.97.